The first kappa shape index (κ1) is 16.1. The Balaban J connectivity index is 1.63. The number of carbonyl (C=O) groups excluding carboxylic acids is 1. The van der Waals surface area contributed by atoms with Crippen LogP contribution in [0.15, 0.2) is 47.8 Å². The highest BCUT2D eigenvalue weighted by atomic mass is 32.1. The predicted octanol–water partition coefficient (Wildman–Crippen LogP) is 3.99. The van der Waals surface area contributed by atoms with Crippen LogP contribution in [0, 0.1) is 6.92 Å². The van der Waals surface area contributed by atoms with Crippen molar-refractivity contribution in [2.24, 2.45) is 0 Å². The second-order valence-corrected chi connectivity index (χ2v) is 7.45. The molecule has 2 aliphatic heterocycles. The number of thiazole rings is 1. The van der Waals surface area contributed by atoms with Crippen molar-refractivity contribution < 1.29 is 14.3 Å². The fourth-order valence-corrected chi connectivity index (χ4v) is 4.05. The normalized spacial score (nSPS) is 18.0. The number of nitrogens with one attached hydrogen (secondary N) is 1. The van der Waals surface area contributed by atoms with Gasteiger partial charge in [0.05, 0.1) is 22.0 Å². The van der Waals surface area contributed by atoms with Crippen molar-refractivity contribution in [2.75, 3.05) is 23.4 Å². The number of ether oxygens (including phenoxy) is 2. The lowest BCUT2D eigenvalue weighted by atomic mass is 10.1. The molecule has 0 spiro atoms. The molecule has 1 atom stereocenters. The second-order valence-electron chi connectivity index (χ2n) is 6.39. The number of amides is 1. The summed E-state index contributed by atoms with van der Waals surface area (Å²) in [7, 11) is 0. The maximum Gasteiger partial charge on any atom is 0.262 e. The molecule has 1 N–H and O–H groups in total. The minimum atomic E-state index is -0.389. The Hall–Kier alpha value is -3.06. The van der Waals surface area contributed by atoms with E-state index in [0.29, 0.717) is 30.3 Å². The van der Waals surface area contributed by atoms with E-state index in [9.17, 15) is 4.79 Å². The summed E-state index contributed by atoms with van der Waals surface area (Å²) >= 11 is 1.57. The largest absolute Gasteiger partial charge is 0.486 e. The number of hydrogen-bond acceptors (Lipinski definition) is 6. The summed E-state index contributed by atoms with van der Waals surface area (Å²) < 4.78 is 11.3. The van der Waals surface area contributed by atoms with E-state index in [4.69, 9.17) is 9.47 Å². The number of anilines is 2. The Morgan fingerprint density at radius 2 is 1.96 bits per heavy atom. The molecular formula is C20H17N3O3S. The summed E-state index contributed by atoms with van der Waals surface area (Å²) in [4.78, 5) is 19.7. The van der Waals surface area contributed by atoms with Gasteiger partial charge in [-0.1, -0.05) is 12.1 Å². The van der Waals surface area contributed by atoms with Gasteiger partial charge >= 0.3 is 0 Å². The molecule has 136 valence electrons. The van der Waals surface area contributed by atoms with Gasteiger partial charge < -0.3 is 14.8 Å². The molecule has 0 radical (unpaired) electrons. The van der Waals surface area contributed by atoms with E-state index in [1.807, 2.05) is 54.8 Å². The average molecular weight is 379 g/mol. The predicted molar refractivity (Wildman–Crippen MR) is 104 cm³/mol. The van der Waals surface area contributed by atoms with Crippen molar-refractivity contribution in [3.05, 3.63) is 64.1 Å². The molecule has 0 bridgehead atoms. The second kappa shape index (κ2) is 6.28. The van der Waals surface area contributed by atoms with Gasteiger partial charge in [-0.15, -0.1) is 11.3 Å². The molecule has 3 aromatic rings. The molecule has 6 nitrogen and oxygen atoms in total. The highest BCUT2D eigenvalue weighted by molar-refractivity contribution is 7.09. The van der Waals surface area contributed by atoms with Crippen LogP contribution in [0.25, 0.3) is 0 Å². The summed E-state index contributed by atoms with van der Waals surface area (Å²) in [6.07, 6.45) is -0.389. The molecule has 1 amide bonds. The monoisotopic (exact) mass is 379 g/mol. The standard InChI is InChI=1S/C20H17N3O3S/c1-12-21-16(11-27-12)19-22-15-5-3-2-4-14(15)20(24)23(19)13-6-7-17-18(10-13)26-9-8-25-17/h2-7,10-11,19,22H,8-9H2,1H3/t19-/m1/s1. The van der Waals surface area contributed by atoms with Crippen LogP contribution < -0.4 is 19.7 Å². The van der Waals surface area contributed by atoms with Crippen molar-refractivity contribution >= 4 is 28.6 Å². The summed E-state index contributed by atoms with van der Waals surface area (Å²) in [5.74, 6) is 1.28. The number of nitrogens with zero attached hydrogens (tertiary/aromatic N) is 2. The van der Waals surface area contributed by atoms with Gasteiger partial charge in [-0.3, -0.25) is 9.69 Å². The van der Waals surface area contributed by atoms with E-state index in [0.717, 1.165) is 22.1 Å². The van der Waals surface area contributed by atoms with Crippen LogP contribution in [0.4, 0.5) is 11.4 Å². The number of benzene rings is 2. The van der Waals surface area contributed by atoms with Crippen LogP contribution in [0.5, 0.6) is 11.5 Å². The van der Waals surface area contributed by atoms with Crippen LogP contribution in [0.2, 0.25) is 0 Å². The zero-order valence-electron chi connectivity index (χ0n) is 14.6. The van der Waals surface area contributed by atoms with E-state index in [1.165, 1.54) is 0 Å². The third-order valence-corrected chi connectivity index (χ3v) is 5.44. The van der Waals surface area contributed by atoms with Gasteiger partial charge in [0.25, 0.3) is 5.91 Å². The zero-order valence-corrected chi connectivity index (χ0v) is 15.5. The van der Waals surface area contributed by atoms with Gasteiger partial charge in [-0.25, -0.2) is 4.98 Å². The highest BCUT2D eigenvalue weighted by Gasteiger charge is 2.35. The maximum absolute atomic E-state index is 13.4. The quantitative estimate of drug-likeness (QED) is 0.729. The third kappa shape index (κ3) is 2.71. The Morgan fingerprint density at radius 1 is 1.15 bits per heavy atom. The van der Waals surface area contributed by atoms with Gasteiger partial charge in [0.15, 0.2) is 17.7 Å². The minimum absolute atomic E-state index is 0.0725. The molecule has 0 fully saturated rings. The van der Waals surface area contributed by atoms with E-state index >= 15 is 0 Å². The first-order valence-corrected chi connectivity index (χ1v) is 9.59. The molecule has 0 aliphatic carbocycles. The molecule has 2 aromatic carbocycles. The Morgan fingerprint density at radius 3 is 2.78 bits per heavy atom. The van der Waals surface area contributed by atoms with Crippen molar-refractivity contribution in [1.82, 2.24) is 4.98 Å². The van der Waals surface area contributed by atoms with E-state index in [-0.39, 0.29) is 12.1 Å². The summed E-state index contributed by atoms with van der Waals surface area (Å²) in [6, 6.07) is 13.1. The lowest BCUT2D eigenvalue weighted by Crippen LogP contribution is -2.43. The molecule has 7 heteroatoms. The van der Waals surface area contributed by atoms with Crippen LogP contribution in [0.1, 0.15) is 27.2 Å². The maximum atomic E-state index is 13.4. The number of hydrogen-bond donors (Lipinski definition) is 1. The van der Waals surface area contributed by atoms with E-state index < -0.39 is 0 Å². The molecule has 0 saturated carbocycles. The van der Waals surface area contributed by atoms with Crippen molar-refractivity contribution in [2.45, 2.75) is 13.1 Å². The fraction of sp³-hybridized carbons (Fsp3) is 0.200. The third-order valence-electron chi connectivity index (χ3n) is 4.65. The number of rotatable bonds is 2. The molecule has 5 rings (SSSR count). The van der Waals surface area contributed by atoms with Crippen LogP contribution in [-0.2, 0) is 0 Å². The Kier molecular flexibility index (Phi) is 3.75. The van der Waals surface area contributed by atoms with Crippen LogP contribution in [0.3, 0.4) is 0 Å². The van der Waals surface area contributed by atoms with Gasteiger partial charge in [0.2, 0.25) is 0 Å². The number of aryl methyl sites for hydroxylation is 1. The van der Waals surface area contributed by atoms with Crippen LogP contribution >= 0.6 is 11.3 Å². The van der Waals surface area contributed by atoms with E-state index in [2.05, 4.69) is 10.3 Å². The summed E-state index contributed by atoms with van der Waals surface area (Å²) in [6.45, 7) is 2.99. The molecular weight excluding hydrogens is 362 g/mol. The lowest BCUT2D eigenvalue weighted by Gasteiger charge is -2.37. The highest BCUT2D eigenvalue weighted by Crippen LogP contribution is 2.40. The van der Waals surface area contributed by atoms with Crippen molar-refractivity contribution in [3.8, 4) is 11.5 Å². The molecule has 0 saturated heterocycles. The van der Waals surface area contributed by atoms with Gasteiger partial charge in [-0.2, -0.15) is 0 Å². The Bertz CT molecular complexity index is 1030. The molecule has 0 unspecified atom stereocenters. The zero-order chi connectivity index (χ0) is 18.4. The first-order valence-electron chi connectivity index (χ1n) is 8.71. The fourth-order valence-electron chi connectivity index (χ4n) is 3.41. The van der Waals surface area contributed by atoms with Crippen molar-refractivity contribution in [1.29, 1.82) is 0 Å². The smallest absolute Gasteiger partial charge is 0.262 e. The average Bonchev–Trinajstić information content (AvgIpc) is 3.14. The topological polar surface area (TPSA) is 63.7 Å². The molecule has 1 aromatic heterocycles. The van der Waals surface area contributed by atoms with Crippen LogP contribution in [-0.4, -0.2) is 24.1 Å². The van der Waals surface area contributed by atoms with Gasteiger partial charge in [0.1, 0.15) is 13.2 Å². The number of carbonyl (C=O) groups is 1. The minimum Gasteiger partial charge on any atom is -0.486 e. The first-order chi connectivity index (χ1) is 13.2. The molecule has 27 heavy (non-hydrogen) atoms. The molecule has 3 heterocycles. The van der Waals surface area contributed by atoms with Gasteiger partial charge in [0, 0.05) is 17.1 Å². The summed E-state index contributed by atoms with van der Waals surface area (Å²) in [5, 5.41) is 6.41. The number of para-hydroxylation sites is 1. The number of fused-ring (bicyclic) bond motifs is 2. The lowest BCUT2D eigenvalue weighted by molar-refractivity contribution is 0.0974. The SMILES string of the molecule is Cc1nc([C@@H]2Nc3ccccc3C(=O)N2c2ccc3c(c2)OCCO3)cs1. The van der Waals surface area contributed by atoms with Gasteiger partial charge in [-0.05, 0) is 31.2 Å². The van der Waals surface area contributed by atoms with E-state index in [1.54, 1.807) is 16.2 Å². The number of aromatic nitrogens is 1. The van der Waals surface area contributed by atoms with Crippen molar-refractivity contribution in [3.63, 3.8) is 0 Å². The summed E-state index contributed by atoms with van der Waals surface area (Å²) in [5.41, 5.74) is 3.00. The molecule has 2 aliphatic rings. The Labute approximate surface area is 160 Å².